The highest BCUT2D eigenvalue weighted by Gasteiger charge is 2.19. The van der Waals surface area contributed by atoms with E-state index < -0.39 is 0 Å². The molecule has 0 saturated heterocycles. The molecule has 25 heavy (non-hydrogen) atoms. The minimum Gasteiger partial charge on any atom is -0.321 e. The average Bonchev–Trinajstić information content (AvgIpc) is 2.94. The summed E-state index contributed by atoms with van der Waals surface area (Å²) in [5, 5.41) is 3.44. The molecular weight excluding hydrogens is 334 g/mol. The Labute approximate surface area is 150 Å². The molecule has 130 valence electrons. The Morgan fingerprint density at radius 2 is 1.96 bits per heavy atom. The smallest absolute Gasteiger partial charge is 0.266 e. The molecule has 0 saturated carbocycles. The number of hydrogen-bond acceptors (Lipinski definition) is 4. The quantitative estimate of drug-likeness (QED) is 0.748. The number of hydrogen-bond donors (Lipinski definition) is 1. The second-order valence-corrected chi connectivity index (χ2v) is 7.15. The Hall–Kier alpha value is -2.47. The van der Waals surface area contributed by atoms with Crippen LogP contribution >= 0.6 is 11.3 Å². The first-order valence-electron chi connectivity index (χ1n) is 8.37. The van der Waals surface area contributed by atoms with Gasteiger partial charge in [0.25, 0.3) is 11.5 Å². The summed E-state index contributed by atoms with van der Waals surface area (Å²) in [5.74, 6) is -0.205. The average molecular weight is 355 g/mol. The highest BCUT2D eigenvalue weighted by atomic mass is 32.1. The van der Waals surface area contributed by atoms with E-state index in [0.29, 0.717) is 27.2 Å². The van der Waals surface area contributed by atoms with Gasteiger partial charge in [-0.1, -0.05) is 31.0 Å². The van der Waals surface area contributed by atoms with E-state index in [-0.39, 0.29) is 11.5 Å². The molecule has 0 radical (unpaired) electrons. The fourth-order valence-electron chi connectivity index (χ4n) is 2.69. The molecular formula is C19H21N3O2S. The fourth-order valence-corrected chi connectivity index (χ4v) is 3.72. The van der Waals surface area contributed by atoms with Gasteiger partial charge in [0.15, 0.2) is 0 Å². The summed E-state index contributed by atoms with van der Waals surface area (Å²) in [7, 11) is 0. The molecule has 1 aromatic carbocycles. The lowest BCUT2D eigenvalue weighted by atomic mass is 10.2. The van der Waals surface area contributed by atoms with E-state index in [1.54, 1.807) is 10.9 Å². The molecule has 0 spiro atoms. The summed E-state index contributed by atoms with van der Waals surface area (Å²) in [5.41, 5.74) is 2.50. The molecule has 1 amide bonds. The second-order valence-electron chi connectivity index (χ2n) is 6.15. The molecule has 0 fully saturated rings. The van der Waals surface area contributed by atoms with Gasteiger partial charge in [0.05, 0.1) is 16.6 Å². The first-order chi connectivity index (χ1) is 12.0. The van der Waals surface area contributed by atoms with Crippen molar-refractivity contribution < 1.29 is 4.79 Å². The van der Waals surface area contributed by atoms with Gasteiger partial charge in [-0.2, -0.15) is 0 Å². The van der Waals surface area contributed by atoms with Gasteiger partial charge in [0.2, 0.25) is 0 Å². The number of carbonyl (C=O) groups excluding carboxylic acids is 1. The van der Waals surface area contributed by atoms with Gasteiger partial charge < -0.3 is 5.32 Å². The first-order valence-corrected chi connectivity index (χ1v) is 9.19. The number of nitrogens with zero attached hydrogens (tertiary/aromatic N) is 2. The van der Waals surface area contributed by atoms with Gasteiger partial charge in [0, 0.05) is 12.2 Å². The number of unbranched alkanes of at least 4 members (excludes halogenated alkanes) is 1. The highest BCUT2D eigenvalue weighted by molar-refractivity contribution is 7.20. The summed E-state index contributed by atoms with van der Waals surface area (Å²) in [6.45, 7) is 6.55. The molecule has 0 aliphatic heterocycles. The number of thiophene rings is 1. The van der Waals surface area contributed by atoms with Gasteiger partial charge in [0.1, 0.15) is 4.83 Å². The maximum atomic E-state index is 12.7. The van der Waals surface area contributed by atoms with Gasteiger partial charge in [-0.3, -0.25) is 14.2 Å². The van der Waals surface area contributed by atoms with Gasteiger partial charge >= 0.3 is 0 Å². The number of aryl methyl sites for hydroxylation is 3. The molecule has 3 aromatic rings. The Morgan fingerprint density at radius 3 is 2.64 bits per heavy atom. The summed E-state index contributed by atoms with van der Waals surface area (Å²) in [4.78, 5) is 30.8. The highest BCUT2D eigenvalue weighted by Crippen LogP contribution is 2.27. The van der Waals surface area contributed by atoms with Crippen molar-refractivity contribution in [1.82, 2.24) is 9.55 Å². The van der Waals surface area contributed by atoms with E-state index in [9.17, 15) is 9.59 Å². The van der Waals surface area contributed by atoms with Crippen molar-refractivity contribution in [3.05, 3.63) is 57.0 Å². The molecule has 2 aromatic heterocycles. The lowest BCUT2D eigenvalue weighted by Gasteiger charge is -2.05. The van der Waals surface area contributed by atoms with Gasteiger partial charge in [-0.25, -0.2) is 4.98 Å². The number of anilines is 1. The molecule has 3 rings (SSSR count). The van der Waals surface area contributed by atoms with Crippen molar-refractivity contribution in [1.29, 1.82) is 0 Å². The van der Waals surface area contributed by atoms with Crippen molar-refractivity contribution in [2.45, 2.75) is 40.2 Å². The number of rotatable bonds is 5. The number of nitrogens with one attached hydrogen (secondary N) is 1. The molecule has 0 atom stereocenters. The second kappa shape index (κ2) is 7.19. The number of amides is 1. The first kappa shape index (κ1) is 17.4. The van der Waals surface area contributed by atoms with Crippen LogP contribution in [-0.2, 0) is 6.54 Å². The van der Waals surface area contributed by atoms with E-state index in [4.69, 9.17) is 0 Å². The summed E-state index contributed by atoms with van der Waals surface area (Å²) < 4.78 is 1.63. The minimum atomic E-state index is -0.205. The van der Waals surface area contributed by atoms with Crippen molar-refractivity contribution in [3.63, 3.8) is 0 Å². The monoisotopic (exact) mass is 355 g/mol. The van der Waals surface area contributed by atoms with E-state index in [0.717, 1.165) is 24.1 Å². The standard InChI is InChI=1S/C19H21N3O2S/c1-4-5-10-22-11-20-18-15(19(22)24)13(3)16(25-18)17(23)21-14-8-6-12(2)7-9-14/h6-9,11H,4-5,10H2,1-3H3,(H,21,23). The summed E-state index contributed by atoms with van der Waals surface area (Å²) >= 11 is 1.26. The van der Waals surface area contributed by atoms with Crippen molar-refractivity contribution in [2.24, 2.45) is 0 Å². The Kier molecular flexibility index (Phi) is 4.99. The lowest BCUT2D eigenvalue weighted by Crippen LogP contribution is -2.20. The normalized spacial score (nSPS) is 11.0. The van der Waals surface area contributed by atoms with Crippen LogP contribution in [-0.4, -0.2) is 15.5 Å². The minimum absolute atomic E-state index is 0.0680. The van der Waals surface area contributed by atoms with Gasteiger partial charge in [-0.05, 0) is 38.0 Å². The third kappa shape index (κ3) is 3.49. The summed E-state index contributed by atoms with van der Waals surface area (Å²) in [6, 6.07) is 7.63. The zero-order valence-electron chi connectivity index (χ0n) is 14.6. The van der Waals surface area contributed by atoms with E-state index in [1.165, 1.54) is 11.3 Å². The molecule has 0 unspecified atom stereocenters. The third-order valence-corrected chi connectivity index (χ3v) is 5.38. The van der Waals surface area contributed by atoms with Crippen LogP contribution in [0.25, 0.3) is 10.2 Å². The molecule has 0 bridgehead atoms. The zero-order valence-corrected chi connectivity index (χ0v) is 15.4. The van der Waals surface area contributed by atoms with Crippen LogP contribution in [0.3, 0.4) is 0 Å². The predicted octanol–water partition coefficient (Wildman–Crippen LogP) is 4.13. The van der Waals surface area contributed by atoms with Crippen LogP contribution in [0.1, 0.15) is 40.6 Å². The molecule has 5 nitrogen and oxygen atoms in total. The maximum Gasteiger partial charge on any atom is 0.266 e. The van der Waals surface area contributed by atoms with E-state index >= 15 is 0 Å². The number of carbonyl (C=O) groups is 1. The third-order valence-electron chi connectivity index (χ3n) is 4.19. The Morgan fingerprint density at radius 1 is 1.24 bits per heavy atom. The van der Waals surface area contributed by atoms with Crippen LogP contribution in [0.15, 0.2) is 35.4 Å². The van der Waals surface area contributed by atoms with E-state index in [2.05, 4.69) is 17.2 Å². The van der Waals surface area contributed by atoms with Crippen molar-refractivity contribution >= 4 is 33.1 Å². The van der Waals surface area contributed by atoms with Gasteiger partial charge in [-0.15, -0.1) is 11.3 Å². The van der Waals surface area contributed by atoms with Crippen LogP contribution in [0.5, 0.6) is 0 Å². The zero-order chi connectivity index (χ0) is 18.0. The molecule has 2 heterocycles. The lowest BCUT2D eigenvalue weighted by molar-refractivity contribution is 0.103. The largest absolute Gasteiger partial charge is 0.321 e. The maximum absolute atomic E-state index is 12.7. The SMILES string of the molecule is CCCCn1cnc2sc(C(=O)Nc3ccc(C)cc3)c(C)c2c1=O. The van der Waals surface area contributed by atoms with Crippen LogP contribution in [0.2, 0.25) is 0 Å². The number of fused-ring (bicyclic) bond motifs is 1. The molecule has 0 aliphatic carbocycles. The van der Waals surface area contributed by atoms with Crippen LogP contribution in [0.4, 0.5) is 5.69 Å². The molecule has 0 aliphatic rings. The number of benzene rings is 1. The van der Waals surface area contributed by atoms with Crippen LogP contribution in [0, 0.1) is 13.8 Å². The Balaban J connectivity index is 1.95. The van der Waals surface area contributed by atoms with Crippen molar-refractivity contribution in [2.75, 3.05) is 5.32 Å². The topological polar surface area (TPSA) is 64.0 Å². The fraction of sp³-hybridized carbons (Fsp3) is 0.316. The van der Waals surface area contributed by atoms with E-state index in [1.807, 2.05) is 38.1 Å². The Bertz CT molecular complexity index is 971. The summed E-state index contributed by atoms with van der Waals surface area (Å²) in [6.07, 6.45) is 3.52. The molecule has 6 heteroatoms. The van der Waals surface area contributed by atoms with Crippen LogP contribution < -0.4 is 10.9 Å². The van der Waals surface area contributed by atoms with Crippen molar-refractivity contribution in [3.8, 4) is 0 Å². The molecule has 1 N–H and O–H groups in total. The predicted molar refractivity (Wildman–Crippen MR) is 103 cm³/mol. The number of aromatic nitrogens is 2.